The third kappa shape index (κ3) is 4.72. The molecule has 1 aromatic rings. The molecule has 3 heteroatoms. The van der Waals surface area contributed by atoms with Crippen LogP contribution in [0.2, 0.25) is 0 Å². The molecule has 0 aliphatic heterocycles. The number of phenols is 1. The highest BCUT2D eigenvalue weighted by molar-refractivity contribution is 5.92. The molecule has 1 rings (SSSR count). The maximum atomic E-state index is 11.6. The van der Waals surface area contributed by atoms with Gasteiger partial charge in [0.15, 0.2) is 0 Å². The predicted molar refractivity (Wildman–Crippen MR) is 69.7 cm³/mol. The molecule has 0 fully saturated rings. The van der Waals surface area contributed by atoms with E-state index in [4.69, 9.17) is 5.11 Å². The second kappa shape index (κ2) is 5.53. The molecule has 0 aliphatic carbocycles. The van der Waals surface area contributed by atoms with Gasteiger partial charge in [0.2, 0.25) is 5.91 Å². The van der Waals surface area contributed by atoms with Gasteiger partial charge in [-0.2, -0.15) is 0 Å². The second-order valence-corrected chi connectivity index (χ2v) is 4.65. The quantitative estimate of drug-likeness (QED) is 0.785. The first kappa shape index (κ1) is 13.3. The number of carbonyl (C=O) groups excluding carboxylic acids is 1. The normalized spacial score (nSPS) is 11.7. The van der Waals surface area contributed by atoms with Gasteiger partial charge in [0.05, 0.1) is 0 Å². The largest absolute Gasteiger partial charge is 0.508 e. The second-order valence-electron chi connectivity index (χ2n) is 4.65. The summed E-state index contributed by atoms with van der Waals surface area (Å²) in [5.41, 5.74) is 0.698. The van der Waals surface area contributed by atoms with Crippen molar-refractivity contribution in [2.24, 2.45) is 0 Å². The molecule has 0 aliphatic rings. The molecule has 1 aromatic carbocycles. The number of carbonyl (C=O) groups is 1. The van der Waals surface area contributed by atoms with Crippen molar-refractivity contribution in [3.05, 3.63) is 35.9 Å². The molecular weight excluding hydrogens is 214 g/mol. The summed E-state index contributed by atoms with van der Waals surface area (Å²) in [4.78, 5) is 11.6. The Kier molecular flexibility index (Phi) is 4.32. The van der Waals surface area contributed by atoms with E-state index in [2.05, 4.69) is 5.32 Å². The summed E-state index contributed by atoms with van der Waals surface area (Å²) in [6, 6.07) is 6.69. The van der Waals surface area contributed by atoms with Crippen LogP contribution in [0, 0.1) is 0 Å². The molecule has 0 saturated heterocycles. The third-order valence-corrected chi connectivity index (χ3v) is 2.67. The Hall–Kier alpha value is -1.77. The van der Waals surface area contributed by atoms with E-state index in [0.29, 0.717) is 0 Å². The number of nitrogens with one attached hydrogen (secondary N) is 1. The van der Waals surface area contributed by atoms with Crippen molar-refractivity contribution in [1.29, 1.82) is 0 Å². The fraction of sp³-hybridized carbons (Fsp3) is 0.357. The van der Waals surface area contributed by atoms with Gasteiger partial charge in [0.25, 0.3) is 0 Å². The van der Waals surface area contributed by atoms with Crippen LogP contribution < -0.4 is 5.32 Å². The maximum Gasteiger partial charge on any atom is 0.244 e. The highest BCUT2D eigenvalue weighted by atomic mass is 16.3. The SMILES string of the molecule is CCC(C)(C)NC(=O)C=Cc1ccc(O)cc1. The van der Waals surface area contributed by atoms with Crippen LogP contribution in [-0.4, -0.2) is 16.6 Å². The summed E-state index contributed by atoms with van der Waals surface area (Å²) in [7, 11) is 0. The van der Waals surface area contributed by atoms with Crippen LogP contribution in [-0.2, 0) is 4.79 Å². The van der Waals surface area contributed by atoms with Gasteiger partial charge in [-0.05, 0) is 44.0 Å². The summed E-state index contributed by atoms with van der Waals surface area (Å²) >= 11 is 0. The molecule has 0 heterocycles. The number of rotatable bonds is 4. The van der Waals surface area contributed by atoms with E-state index in [9.17, 15) is 4.79 Å². The lowest BCUT2D eigenvalue weighted by Crippen LogP contribution is -2.41. The Morgan fingerprint density at radius 2 is 1.94 bits per heavy atom. The molecular formula is C14H19NO2. The average molecular weight is 233 g/mol. The van der Waals surface area contributed by atoms with Gasteiger partial charge >= 0.3 is 0 Å². The first-order valence-electron chi connectivity index (χ1n) is 5.72. The standard InChI is InChI=1S/C14H19NO2/c1-4-14(2,3)15-13(17)10-7-11-5-8-12(16)9-6-11/h5-10,16H,4H2,1-3H3,(H,15,17). The smallest absolute Gasteiger partial charge is 0.244 e. The maximum absolute atomic E-state index is 11.6. The van der Waals surface area contributed by atoms with E-state index < -0.39 is 0 Å². The zero-order valence-electron chi connectivity index (χ0n) is 10.5. The summed E-state index contributed by atoms with van der Waals surface area (Å²) in [6.07, 6.45) is 4.11. The lowest BCUT2D eigenvalue weighted by molar-refractivity contribution is -0.117. The third-order valence-electron chi connectivity index (χ3n) is 2.67. The van der Waals surface area contributed by atoms with Crippen LogP contribution in [0.4, 0.5) is 0 Å². The fourth-order valence-electron chi connectivity index (χ4n) is 1.22. The predicted octanol–water partition coefficient (Wildman–Crippen LogP) is 2.71. The molecule has 0 radical (unpaired) electrons. The minimum Gasteiger partial charge on any atom is -0.508 e. The Morgan fingerprint density at radius 1 is 1.35 bits per heavy atom. The van der Waals surface area contributed by atoms with Crippen molar-refractivity contribution in [2.45, 2.75) is 32.7 Å². The number of benzene rings is 1. The molecule has 1 amide bonds. The molecule has 0 unspecified atom stereocenters. The van der Waals surface area contributed by atoms with Crippen molar-refractivity contribution >= 4 is 12.0 Å². The number of amides is 1. The van der Waals surface area contributed by atoms with Gasteiger partial charge in [-0.1, -0.05) is 19.1 Å². The molecule has 0 bridgehead atoms. The summed E-state index contributed by atoms with van der Waals surface area (Å²) in [5.74, 6) is 0.114. The summed E-state index contributed by atoms with van der Waals surface area (Å²) < 4.78 is 0. The van der Waals surface area contributed by atoms with Gasteiger partial charge in [-0.15, -0.1) is 0 Å². The van der Waals surface area contributed by atoms with Crippen LogP contribution in [0.15, 0.2) is 30.3 Å². The van der Waals surface area contributed by atoms with Crippen molar-refractivity contribution in [3.8, 4) is 5.75 Å². The highest BCUT2D eigenvalue weighted by Gasteiger charge is 2.15. The van der Waals surface area contributed by atoms with Gasteiger partial charge < -0.3 is 10.4 Å². The highest BCUT2D eigenvalue weighted by Crippen LogP contribution is 2.11. The number of hydrogen-bond acceptors (Lipinski definition) is 2. The van der Waals surface area contributed by atoms with E-state index in [1.54, 1.807) is 30.3 Å². The Morgan fingerprint density at radius 3 is 2.47 bits per heavy atom. The molecule has 0 atom stereocenters. The Bertz CT molecular complexity index is 405. The minimum absolute atomic E-state index is 0.107. The van der Waals surface area contributed by atoms with Crippen LogP contribution in [0.1, 0.15) is 32.8 Å². The van der Waals surface area contributed by atoms with Crippen LogP contribution in [0.5, 0.6) is 5.75 Å². The first-order valence-corrected chi connectivity index (χ1v) is 5.72. The van der Waals surface area contributed by atoms with E-state index in [0.717, 1.165) is 12.0 Å². The van der Waals surface area contributed by atoms with Gasteiger partial charge in [-0.25, -0.2) is 0 Å². The lowest BCUT2D eigenvalue weighted by Gasteiger charge is -2.23. The van der Waals surface area contributed by atoms with Crippen LogP contribution >= 0.6 is 0 Å². The van der Waals surface area contributed by atoms with E-state index >= 15 is 0 Å². The van der Waals surface area contributed by atoms with Crippen LogP contribution in [0.3, 0.4) is 0 Å². The first-order chi connectivity index (χ1) is 7.93. The molecule has 0 saturated carbocycles. The molecule has 92 valence electrons. The number of hydrogen-bond donors (Lipinski definition) is 2. The van der Waals surface area contributed by atoms with Crippen LogP contribution in [0.25, 0.3) is 6.08 Å². The molecule has 0 spiro atoms. The Labute approximate surface area is 102 Å². The van der Waals surface area contributed by atoms with Crippen molar-refractivity contribution in [1.82, 2.24) is 5.32 Å². The topological polar surface area (TPSA) is 49.3 Å². The zero-order chi connectivity index (χ0) is 12.9. The number of phenolic OH excluding ortho intramolecular Hbond substituents is 1. The lowest BCUT2D eigenvalue weighted by atomic mass is 10.0. The Balaban J connectivity index is 2.60. The molecule has 3 nitrogen and oxygen atoms in total. The monoisotopic (exact) mass is 233 g/mol. The van der Waals surface area contributed by atoms with Crippen molar-refractivity contribution < 1.29 is 9.90 Å². The van der Waals surface area contributed by atoms with E-state index in [1.807, 2.05) is 20.8 Å². The average Bonchev–Trinajstić information content (AvgIpc) is 2.28. The van der Waals surface area contributed by atoms with Crippen molar-refractivity contribution in [2.75, 3.05) is 0 Å². The molecule has 17 heavy (non-hydrogen) atoms. The van der Waals surface area contributed by atoms with E-state index in [-0.39, 0.29) is 17.2 Å². The minimum atomic E-state index is -0.184. The van der Waals surface area contributed by atoms with Gasteiger partial charge in [0.1, 0.15) is 5.75 Å². The zero-order valence-corrected chi connectivity index (χ0v) is 10.5. The fourth-order valence-corrected chi connectivity index (χ4v) is 1.22. The van der Waals surface area contributed by atoms with Gasteiger partial charge in [0, 0.05) is 11.6 Å². The molecule has 0 aromatic heterocycles. The number of aromatic hydroxyl groups is 1. The van der Waals surface area contributed by atoms with E-state index in [1.165, 1.54) is 6.08 Å². The van der Waals surface area contributed by atoms with Crippen molar-refractivity contribution in [3.63, 3.8) is 0 Å². The van der Waals surface area contributed by atoms with Gasteiger partial charge in [-0.3, -0.25) is 4.79 Å². The molecule has 2 N–H and O–H groups in total. The summed E-state index contributed by atoms with van der Waals surface area (Å²) in [6.45, 7) is 6.00. The summed E-state index contributed by atoms with van der Waals surface area (Å²) in [5, 5.41) is 12.0.